The van der Waals surface area contributed by atoms with Gasteiger partial charge >= 0.3 is 0 Å². The first kappa shape index (κ1) is 15.9. The zero-order valence-corrected chi connectivity index (χ0v) is 14.1. The maximum atomic E-state index is 12.0. The lowest BCUT2D eigenvalue weighted by atomic mass is 10.0. The van der Waals surface area contributed by atoms with Gasteiger partial charge in [0.15, 0.2) is 0 Å². The lowest BCUT2D eigenvalue weighted by Gasteiger charge is -2.16. The van der Waals surface area contributed by atoms with E-state index in [-0.39, 0.29) is 12.0 Å². The molecule has 1 fully saturated rings. The van der Waals surface area contributed by atoms with E-state index >= 15 is 0 Å². The third-order valence-corrected chi connectivity index (χ3v) is 5.40. The number of carbonyl (C=O) groups is 1. The van der Waals surface area contributed by atoms with Crippen LogP contribution in [0.15, 0.2) is 0 Å². The molecule has 1 amide bonds. The number of nitrogens with zero attached hydrogens (tertiary/aromatic N) is 2. The number of likely N-dealkylation sites (N-methyl/N-ethyl adjacent to an activating group) is 1. The van der Waals surface area contributed by atoms with E-state index in [1.165, 1.54) is 29.8 Å². The molecule has 1 saturated heterocycles. The van der Waals surface area contributed by atoms with Crippen LogP contribution in [0.3, 0.4) is 0 Å². The molecule has 0 aromatic carbocycles. The van der Waals surface area contributed by atoms with Crippen LogP contribution in [0.25, 0.3) is 0 Å². The summed E-state index contributed by atoms with van der Waals surface area (Å²) in [6.45, 7) is 2.63. The van der Waals surface area contributed by atoms with Crippen LogP contribution in [0.5, 0.6) is 0 Å². The van der Waals surface area contributed by atoms with Gasteiger partial charge in [-0.25, -0.2) is 4.98 Å². The molecule has 0 saturated carbocycles. The largest absolute Gasteiger partial charge is 0.376 e. The van der Waals surface area contributed by atoms with E-state index in [2.05, 4.69) is 5.32 Å². The number of rotatable bonds is 6. The van der Waals surface area contributed by atoms with Gasteiger partial charge in [-0.1, -0.05) is 0 Å². The van der Waals surface area contributed by atoms with E-state index in [9.17, 15) is 4.79 Å². The van der Waals surface area contributed by atoms with Crippen LogP contribution in [-0.4, -0.2) is 48.6 Å². The molecule has 0 radical (unpaired) electrons. The van der Waals surface area contributed by atoms with Crippen molar-refractivity contribution in [2.45, 2.75) is 51.2 Å². The van der Waals surface area contributed by atoms with Gasteiger partial charge in [0, 0.05) is 18.0 Å². The van der Waals surface area contributed by atoms with Crippen LogP contribution in [0.1, 0.15) is 41.3 Å². The molecule has 0 unspecified atom stereocenters. The predicted octanol–water partition coefficient (Wildman–Crippen LogP) is 1.75. The Balaban J connectivity index is 1.42. The fraction of sp³-hybridized carbons (Fsp3) is 0.750. The van der Waals surface area contributed by atoms with Gasteiger partial charge in [0.25, 0.3) is 0 Å². The Kier molecular flexibility index (Phi) is 5.44. The summed E-state index contributed by atoms with van der Waals surface area (Å²) in [4.78, 5) is 20.2. The number of ether oxygens (including phenoxy) is 1. The summed E-state index contributed by atoms with van der Waals surface area (Å²) >= 11 is 1.82. The first-order valence-corrected chi connectivity index (χ1v) is 9.06. The zero-order chi connectivity index (χ0) is 15.4. The molecule has 1 aliphatic heterocycles. The third kappa shape index (κ3) is 4.27. The summed E-state index contributed by atoms with van der Waals surface area (Å²) in [7, 11) is 1.98. The molecule has 6 heteroatoms. The number of carbonyl (C=O) groups excluding carboxylic acids is 1. The zero-order valence-electron chi connectivity index (χ0n) is 13.3. The molecular formula is C16H25N3O2S. The smallest absolute Gasteiger partial charge is 0.234 e. The highest BCUT2D eigenvalue weighted by atomic mass is 32.1. The molecule has 3 rings (SSSR count). The normalized spacial score (nSPS) is 21.1. The molecule has 1 aromatic rings. The van der Waals surface area contributed by atoms with Gasteiger partial charge < -0.3 is 10.1 Å². The van der Waals surface area contributed by atoms with Crippen LogP contribution in [0.2, 0.25) is 0 Å². The fourth-order valence-corrected chi connectivity index (χ4v) is 4.33. The number of aryl methyl sites for hydroxylation is 2. The molecular weight excluding hydrogens is 298 g/mol. The lowest BCUT2D eigenvalue weighted by Crippen LogP contribution is -2.38. The molecule has 22 heavy (non-hydrogen) atoms. The average molecular weight is 323 g/mol. The van der Waals surface area contributed by atoms with E-state index in [1.807, 2.05) is 23.3 Å². The summed E-state index contributed by atoms with van der Waals surface area (Å²) < 4.78 is 5.51. The molecule has 1 aliphatic carbocycles. The third-order valence-electron chi connectivity index (χ3n) is 4.26. The predicted molar refractivity (Wildman–Crippen MR) is 87.1 cm³/mol. The highest BCUT2D eigenvalue weighted by Crippen LogP contribution is 2.27. The van der Waals surface area contributed by atoms with Gasteiger partial charge in [0.2, 0.25) is 5.91 Å². The SMILES string of the molecule is CN(CC(=O)NC[C@@H]1CCCO1)Cc1nc2c(s1)CCCC2. The molecule has 5 nitrogen and oxygen atoms in total. The molecule has 0 bridgehead atoms. The van der Waals surface area contributed by atoms with Gasteiger partial charge in [0.1, 0.15) is 5.01 Å². The Morgan fingerprint density at radius 1 is 1.41 bits per heavy atom. The molecule has 1 atom stereocenters. The molecule has 0 spiro atoms. The molecule has 2 aliphatic rings. The second kappa shape index (κ2) is 7.53. The van der Waals surface area contributed by atoms with Crippen molar-refractivity contribution in [2.24, 2.45) is 0 Å². The van der Waals surface area contributed by atoms with Crippen molar-refractivity contribution >= 4 is 17.2 Å². The van der Waals surface area contributed by atoms with Crippen LogP contribution in [0, 0.1) is 0 Å². The van der Waals surface area contributed by atoms with Crippen LogP contribution >= 0.6 is 11.3 Å². The maximum Gasteiger partial charge on any atom is 0.234 e. The summed E-state index contributed by atoms with van der Waals surface area (Å²) in [5.41, 5.74) is 1.29. The van der Waals surface area contributed by atoms with Crippen LogP contribution in [0.4, 0.5) is 0 Å². The average Bonchev–Trinajstić information content (AvgIpc) is 3.13. The minimum Gasteiger partial charge on any atom is -0.376 e. The second-order valence-corrected chi connectivity index (χ2v) is 7.46. The fourth-order valence-electron chi connectivity index (χ4n) is 3.09. The lowest BCUT2D eigenvalue weighted by molar-refractivity contribution is -0.122. The van der Waals surface area contributed by atoms with Gasteiger partial charge in [-0.3, -0.25) is 9.69 Å². The second-order valence-electron chi connectivity index (χ2n) is 6.30. The van der Waals surface area contributed by atoms with E-state index in [1.54, 1.807) is 0 Å². The summed E-state index contributed by atoms with van der Waals surface area (Å²) in [6, 6.07) is 0. The van der Waals surface area contributed by atoms with E-state index in [0.29, 0.717) is 13.1 Å². The Morgan fingerprint density at radius 3 is 3.05 bits per heavy atom. The first-order chi connectivity index (χ1) is 10.7. The van der Waals surface area contributed by atoms with Crippen LogP contribution < -0.4 is 5.32 Å². The van der Waals surface area contributed by atoms with Crippen molar-refractivity contribution in [1.82, 2.24) is 15.2 Å². The highest BCUT2D eigenvalue weighted by Gasteiger charge is 2.18. The van der Waals surface area contributed by atoms with Crippen LogP contribution in [-0.2, 0) is 28.9 Å². The highest BCUT2D eigenvalue weighted by molar-refractivity contribution is 7.11. The molecule has 2 heterocycles. The quantitative estimate of drug-likeness (QED) is 0.866. The van der Waals surface area contributed by atoms with Crippen molar-refractivity contribution in [2.75, 3.05) is 26.7 Å². The maximum absolute atomic E-state index is 12.0. The number of aromatic nitrogens is 1. The first-order valence-electron chi connectivity index (χ1n) is 8.25. The van der Waals surface area contributed by atoms with Gasteiger partial charge in [-0.05, 0) is 45.6 Å². The number of nitrogens with one attached hydrogen (secondary N) is 1. The summed E-state index contributed by atoms with van der Waals surface area (Å²) in [5, 5.41) is 4.11. The standard InChI is InChI=1S/C16H25N3O2S/c1-19(10-15(20)17-9-12-5-4-8-21-12)11-16-18-13-6-2-3-7-14(13)22-16/h12H,2-11H2,1H3,(H,17,20)/t12-/m0/s1. The Hall–Kier alpha value is -0.980. The minimum atomic E-state index is 0.0688. The van der Waals surface area contributed by atoms with Crippen molar-refractivity contribution < 1.29 is 9.53 Å². The van der Waals surface area contributed by atoms with E-state index < -0.39 is 0 Å². The number of fused-ring (bicyclic) bond motifs is 1. The van der Waals surface area contributed by atoms with E-state index in [0.717, 1.165) is 37.4 Å². The Labute approximate surface area is 136 Å². The summed E-state index contributed by atoms with van der Waals surface area (Å²) in [5.74, 6) is 0.0688. The van der Waals surface area contributed by atoms with E-state index in [4.69, 9.17) is 9.72 Å². The van der Waals surface area contributed by atoms with Crippen molar-refractivity contribution in [3.63, 3.8) is 0 Å². The molecule has 122 valence electrons. The summed E-state index contributed by atoms with van der Waals surface area (Å²) in [6.07, 6.45) is 7.22. The van der Waals surface area contributed by atoms with Gasteiger partial charge in [0.05, 0.1) is 24.9 Å². The molecule has 1 N–H and O–H groups in total. The number of thiazole rings is 1. The van der Waals surface area contributed by atoms with Crippen molar-refractivity contribution in [1.29, 1.82) is 0 Å². The Morgan fingerprint density at radius 2 is 2.27 bits per heavy atom. The minimum absolute atomic E-state index is 0.0688. The molecule has 1 aromatic heterocycles. The number of hydrogen-bond donors (Lipinski definition) is 1. The monoisotopic (exact) mass is 323 g/mol. The van der Waals surface area contributed by atoms with Gasteiger partial charge in [-0.2, -0.15) is 0 Å². The number of hydrogen-bond acceptors (Lipinski definition) is 5. The topological polar surface area (TPSA) is 54.5 Å². The van der Waals surface area contributed by atoms with Crippen molar-refractivity contribution in [3.8, 4) is 0 Å². The number of amides is 1. The Bertz CT molecular complexity index is 488. The van der Waals surface area contributed by atoms with Crippen molar-refractivity contribution in [3.05, 3.63) is 15.6 Å². The van der Waals surface area contributed by atoms with Gasteiger partial charge in [-0.15, -0.1) is 11.3 Å².